The van der Waals surface area contributed by atoms with Crippen LogP contribution in [0.15, 0.2) is 24.3 Å². The maximum atomic E-state index is 10.5. The summed E-state index contributed by atoms with van der Waals surface area (Å²) < 4.78 is 5.24. The van der Waals surface area contributed by atoms with Gasteiger partial charge >= 0.3 is 0 Å². The molecule has 22 heavy (non-hydrogen) atoms. The van der Waals surface area contributed by atoms with Crippen LogP contribution in [0.2, 0.25) is 0 Å². The molecule has 4 heteroatoms. The van der Waals surface area contributed by atoms with E-state index in [-0.39, 0.29) is 0 Å². The molecular weight excluding hydrogens is 276 g/mol. The molecule has 3 rings (SSSR count). The summed E-state index contributed by atoms with van der Waals surface area (Å²) in [6, 6.07) is 7.77. The summed E-state index contributed by atoms with van der Waals surface area (Å²) in [5.41, 5.74) is 0.947. The van der Waals surface area contributed by atoms with Crippen molar-refractivity contribution < 1.29 is 9.84 Å². The molecule has 0 saturated carbocycles. The lowest BCUT2D eigenvalue weighted by molar-refractivity contribution is 0.122. The maximum absolute atomic E-state index is 10.5. The first-order valence-corrected chi connectivity index (χ1v) is 8.51. The number of hydrogen-bond donors (Lipinski definition) is 1. The van der Waals surface area contributed by atoms with Gasteiger partial charge in [0.15, 0.2) is 0 Å². The number of hydrogen-bond acceptors (Lipinski definition) is 4. The molecule has 2 unspecified atom stereocenters. The van der Waals surface area contributed by atoms with E-state index in [0.717, 1.165) is 36.9 Å². The quantitative estimate of drug-likeness (QED) is 0.873. The van der Waals surface area contributed by atoms with Gasteiger partial charge in [-0.05, 0) is 62.5 Å². The smallest absolute Gasteiger partial charge is 0.119 e. The van der Waals surface area contributed by atoms with Crippen molar-refractivity contribution in [1.29, 1.82) is 0 Å². The summed E-state index contributed by atoms with van der Waals surface area (Å²) in [5, 5.41) is 10.5. The van der Waals surface area contributed by atoms with Crippen LogP contribution in [-0.2, 0) is 0 Å². The maximum Gasteiger partial charge on any atom is 0.119 e. The zero-order chi connectivity index (χ0) is 15.4. The molecule has 0 spiro atoms. The molecule has 2 aliphatic heterocycles. The average Bonchev–Trinajstić information content (AvgIpc) is 3.20. The third kappa shape index (κ3) is 4.00. The molecule has 0 bridgehead atoms. The monoisotopic (exact) mass is 304 g/mol. The number of β-amino-alcohol motifs (C(OH)–C–C–N with tert-alkyl or cyclic N) is 1. The van der Waals surface area contributed by atoms with Crippen molar-refractivity contribution in [2.24, 2.45) is 5.92 Å². The van der Waals surface area contributed by atoms with Crippen LogP contribution in [0, 0.1) is 5.92 Å². The Balaban J connectivity index is 1.48. The molecule has 0 aliphatic carbocycles. The van der Waals surface area contributed by atoms with E-state index in [1.54, 1.807) is 7.11 Å². The van der Waals surface area contributed by atoms with Gasteiger partial charge in [-0.15, -0.1) is 0 Å². The Kier molecular flexibility index (Phi) is 5.34. The molecule has 2 fully saturated rings. The SMILES string of the molecule is COc1cccc(C(O)CN2CCC(CN3CCCC3)C2)c1. The first kappa shape index (κ1) is 15.8. The van der Waals surface area contributed by atoms with Crippen LogP contribution < -0.4 is 4.74 Å². The van der Waals surface area contributed by atoms with Gasteiger partial charge in [0.2, 0.25) is 0 Å². The minimum absolute atomic E-state index is 0.430. The Morgan fingerprint density at radius 2 is 2.05 bits per heavy atom. The minimum Gasteiger partial charge on any atom is -0.497 e. The first-order valence-electron chi connectivity index (χ1n) is 8.51. The van der Waals surface area contributed by atoms with E-state index in [9.17, 15) is 5.11 Å². The Hall–Kier alpha value is -1.10. The van der Waals surface area contributed by atoms with Crippen LogP contribution in [0.3, 0.4) is 0 Å². The first-order chi connectivity index (χ1) is 10.7. The van der Waals surface area contributed by atoms with Crippen LogP contribution in [0.4, 0.5) is 0 Å². The molecule has 2 aliphatic rings. The number of rotatable bonds is 6. The number of ether oxygens (including phenoxy) is 1. The molecule has 0 amide bonds. The van der Waals surface area contributed by atoms with Crippen molar-refractivity contribution in [3.8, 4) is 5.75 Å². The second-order valence-corrected chi connectivity index (χ2v) is 6.71. The zero-order valence-corrected chi connectivity index (χ0v) is 13.6. The van der Waals surface area contributed by atoms with Crippen LogP contribution in [0.25, 0.3) is 0 Å². The molecule has 1 N–H and O–H groups in total. The topological polar surface area (TPSA) is 35.9 Å². The van der Waals surface area contributed by atoms with Crippen LogP contribution in [-0.4, -0.2) is 61.3 Å². The van der Waals surface area contributed by atoms with Gasteiger partial charge in [0.25, 0.3) is 0 Å². The fraction of sp³-hybridized carbons (Fsp3) is 0.667. The van der Waals surface area contributed by atoms with Gasteiger partial charge in [0, 0.05) is 19.6 Å². The number of nitrogens with zero attached hydrogens (tertiary/aromatic N) is 2. The molecular formula is C18H28N2O2. The Morgan fingerprint density at radius 1 is 1.23 bits per heavy atom. The van der Waals surface area contributed by atoms with Crippen molar-refractivity contribution >= 4 is 0 Å². The average molecular weight is 304 g/mol. The number of benzene rings is 1. The lowest BCUT2D eigenvalue weighted by Crippen LogP contribution is -2.30. The lowest BCUT2D eigenvalue weighted by atomic mass is 10.1. The van der Waals surface area contributed by atoms with Crippen molar-refractivity contribution in [2.75, 3.05) is 46.4 Å². The molecule has 2 atom stereocenters. The second kappa shape index (κ2) is 7.44. The molecule has 0 radical (unpaired) electrons. The molecule has 2 heterocycles. The molecule has 1 aromatic carbocycles. The van der Waals surface area contributed by atoms with E-state index in [1.807, 2.05) is 24.3 Å². The van der Waals surface area contributed by atoms with Crippen LogP contribution in [0.1, 0.15) is 30.9 Å². The summed E-state index contributed by atoms with van der Waals surface area (Å²) in [6.45, 7) is 6.76. The molecule has 2 saturated heterocycles. The van der Waals surface area contributed by atoms with Crippen molar-refractivity contribution in [1.82, 2.24) is 9.80 Å². The van der Waals surface area contributed by atoms with Gasteiger partial charge in [0.05, 0.1) is 13.2 Å². The Labute approximate surface area is 133 Å². The second-order valence-electron chi connectivity index (χ2n) is 6.71. The fourth-order valence-corrected chi connectivity index (χ4v) is 3.76. The lowest BCUT2D eigenvalue weighted by Gasteiger charge is -2.22. The predicted molar refractivity (Wildman–Crippen MR) is 88.2 cm³/mol. The summed E-state index contributed by atoms with van der Waals surface area (Å²) in [6.07, 6.45) is 3.57. The highest BCUT2D eigenvalue weighted by atomic mass is 16.5. The standard InChI is InChI=1S/C18H28N2O2/c1-22-17-6-4-5-16(11-17)18(21)14-20-10-7-15(13-20)12-19-8-2-3-9-19/h4-6,11,15,18,21H,2-3,7-10,12-14H2,1H3. The minimum atomic E-state index is -0.430. The molecule has 0 aromatic heterocycles. The highest BCUT2D eigenvalue weighted by Crippen LogP contribution is 2.24. The molecule has 122 valence electrons. The number of likely N-dealkylation sites (tertiary alicyclic amines) is 2. The van der Waals surface area contributed by atoms with Gasteiger partial charge in [0.1, 0.15) is 5.75 Å². The van der Waals surface area contributed by atoms with Gasteiger partial charge in [-0.3, -0.25) is 0 Å². The van der Waals surface area contributed by atoms with E-state index in [0.29, 0.717) is 0 Å². The third-order valence-corrected chi connectivity index (χ3v) is 4.99. The highest BCUT2D eigenvalue weighted by molar-refractivity contribution is 5.29. The highest BCUT2D eigenvalue weighted by Gasteiger charge is 2.26. The Morgan fingerprint density at radius 3 is 2.82 bits per heavy atom. The summed E-state index contributed by atoms with van der Waals surface area (Å²) in [7, 11) is 1.66. The van der Waals surface area contributed by atoms with Crippen molar-refractivity contribution in [3.63, 3.8) is 0 Å². The van der Waals surface area contributed by atoms with Gasteiger partial charge in [-0.25, -0.2) is 0 Å². The van der Waals surface area contributed by atoms with E-state index in [4.69, 9.17) is 4.74 Å². The zero-order valence-electron chi connectivity index (χ0n) is 13.6. The summed E-state index contributed by atoms with van der Waals surface area (Å²) in [5.74, 6) is 1.58. The molecule has 4 nitrogen and oxygen atoms in total. The third-order valence-electron chi connectivity index (χ3n) is 4.99. The largest absolute Gasteiger partial charge is 0.497 e. The van der Waals surface area contributed by atoms with E-state index >= 15 is 0 Å². The normalized spacial score (nSPS) is 24.7. The number of aliphatic hydroxyl groups excluding tert-OH is 1. The van der Waals surface area contributed by atoms with E-state index in [1.165, 1.54) is 38.9 Å². The van der Waals surface area contributed by atoms with Crippen molar-refractivity contribution in [2.45, 2.75) is 25.4 Å². The number of aliphatic hydroxyl groups is 1. The Bertz CT molecular complexity index is 474. The fourth-order valence-electron chi connectivity index (χ4n) is 3.76. The van der Waals surface area contributed by atoms with Gasteiger partial charge < -0.3 is 19.6 Å². The van der Waals surface area contributed by atoms with E-state index in [2.05, 4.69) is 9.80 Å². The predicted octanol–water partition coefficient (Wildman–Crippen LogP) is 2.15. The van der Waals surface area contributed by atoms with Crippen molar-refractivity contribution in [3.05, 3.63) is 29.8 Å². The number of methoxy groups -OCH3 is 1. The van der Waals surface area contributed by atoms with Gasteiger partial charge in [-0.1, -0.05) is 12.1 Å². The van der Waals surface area contributed by atoms with Crippen LogP contribution in [0.5, 0.6) is 5.75 Å². The summed E-state index contributed by atoms with van der Waals surface area (Å²) >= 11 is 0. The summed E-state index contributed by atoms with van der Waals surface area (Å²) in [4.78, 5) is 5.01. The van der Waals surface area contributed by atoms with Gasteiger partial charge in [-0.2, -0.15) is 0 Å². The van der Waals surface area contributed by atoms with Crippen LogP contribution >= 0.6 is 0 Å². The molecule has 1 aromatic rings. The van der Waals surface area contributed by atoms with E-state index < -0.39 is 6.10 Å².